The lowest BCUT2D eigenvalue weighted by Gasteiger charge is -2.32. The van der Waals surface area contributed by atoms with Crippen LogP contribution in [-0.4, -0.2) is 0 Å². The van der Waals surface area contributed by atoms with Crippen molar-refractivity contribution in [1.29, 1.82) is 0 Å². The second-order valence-corrected chi connectivity index (χ2v) is 16.5. The number of para-hydroxylation sites is 2. The third-order valence-electron chi connectivity index (χ3n) is 10.9. The van der Waals surface area contributed by atoms with Gasteiger partial charge in [-0.15, -0.1) is 0 Å². The minimum atomic E-state index is -0.0174. The van der Waals surface area contributed by atoms with Crippen molar-refractivity contribution in [1.82, 2.24) is 0 Å². The Labute approximate surface area is 297 Å². The summed E-state index contributed by atoms with van der Waals surface area (Å²) in [6.07, 6.45) is 6.54. The summed E-state index contributed by atoms with van der Waals surface area (Å²) in [5.74, 6) is 0.603. The topological polar surface area (TPSA) is 16.4 Å². The van der Waals surface area contributed by atoms with Crippen LogP contribution < -0.4 is 4.90 Å². The molecular formula is C48H49NO. The van der Waals surface area contributed by atoms with E-state index in [1.807, 2.05) is 6.07 Å². The average molecular weight is 656 g/mol. The first-order valence-electron chi connectivity index (χ1n) is 18.5. The Kier molecular flexibility index (Phi) is 8.10. The number of fused-ring (bicyclic) bond motifs is 4. The summed E-state index contributed by atoms with van der Waals surface area (Å²) < 4.78 is 6.32. The standard InChI is InChI=1S/C48H49NO/c1-47(2,3)34-28-35(48(4,5)6)30-37(29-34)49(36-26-27-45-42(31-36)40-21-11-13-25-44(40)50-45)43-24-12-10-20-39(43)41-23-15-19-33-18-14-22-38(46(33)41)32-16-8-7-9-17-32/h10-15,18-32H,7-9,16-17H2,1-6H3. The van der Waals surface area contributed by atoms with Crippen molar-refractivity contribution in [2.75, 3.05) is 4.90 Å². The number of benzene rings is 6. The fourth-order valence-electron chi connectivity index (χ4n) is 8.13. The highest BCUT2D eigenvalue weighted by atomic mass is 16.3. The third-order valence-corrected chi connectivity index (χ3v) is 10.9. The van der Waals surface area contributed by atoms with Crippen LogP contribution in [0.25, 0.3) is 43.8 Å². The maximum Gasteiger partial charge on any atom is 0.135 e. The highest BCUT2D eigenvalue weighted by Gasteiger charge is 2.26. The molecule has 0 radical (unpaired) electrons. The van der Waals surface area contributed by atoms with Crippen LogP contribution in [0.4, 0.5) is 17.1 Å². The smallest absolute Gasteiger partial charge is 0.135 e. The molecule has 0 bridgehead atoms. The molecule has 7 aromatic rings. The summed E-state index contributed by atoms with van der Waals surface area (Å²) >= 11 is 0. The van der Waals surface area contributed by atoms with Crippen molar-refractivity contribution in [2.24, 2.45) is 0 Å². The van der Waals surface area contributed by atoms with E-state index >= 15 is 0 Å². The van der Waals surface area contributed by atoms with E-state index in [1.165, 1.54) is 82.1 Å². The van der Waals surface area contributed by atoms with E-state index in [0.29, 0.717) is 5.92 Å². The molecular weight excluding hydrogens is 607 g/mol. The summed E-state index contributed by atoms with van der Waals surface area (Å²) in [5, 5.41) is 5.00. The van der Waals surface area contributed by atoms with E-state index in [1.54, 1.807) is 0 Å². The van der Waals surface area contributed by atoms with Gasteiger partial charge in [-0.1, -0.05) is 140 Å². The van der Waals surface area contributed by atoms with Gasteiger partial charge in [-0.3, -0.25) is 0 Å². The molecule has 8 rings (SSSR count). The van der Waals surface area contributed by atoms with Crippen molar-refractivity contribution in [3.8, 4) is 11.1 Å². The molecule has 0 atom stereocenters. The first kappa shape index (κ1) is 32.4. The molecule has 1 fully saturated rings. The Morgan fingerprint density at radius 3 is 1.92 bits per heavy atom. The fourth-order valence-corrected chi connectivity index (χ4v) is 8.13. The molecule has 50 heavy (non-hydrogen) atoms. The second kappa shape index (κ2) is 12.5. The molecule has 1 aliphatic rings. The van der Waals surface area contributed by atoms with Crippen LogP contribution in [0.1, 0.15) is 96.3 Å². The summed E-state index contributed by atoms with van der Waals surface area (Å²) in [6.45, 7) is 13.9. The molecule has 0 N–H and O–H groups in total. The van der Waals surface area contributed by atoms with Crippen LogP contribution in [0, 0.1) is 0 Å². The molecule has 0 amide bonds. The number of furan rings is 1. The van der Waals surface area contributed by atoms with Crippen LogP contribution in [0.5, 0.6) is 0 Å². The second-order valence-electron chi connectivity index (χ2n) is 16.5. The lowest BCUT2D eigenvalue weighted by molar-refractivity contribution is 0.445. The molecule has 1 aliphatic carbocycles. The van der Waals surface area contributed by atoms with Crippen LogP contribution in [0.2, 0.25) is 0 Å². The van der Waals surface area contributed by atoms with Gasteiger partial charge in [-0.25, -0.2) is 0 Å². The van der Waals surface area contributed by atoms with Crippen molar-refractivity contribution >= 4 is 49.8 Å². The maximum absolute atomic E-state index is 6.32. The first-order chi connectivity index (χ1) is 24.1. The Balaban J connectivity index is 1.42. The minimum absolute atomic E-state index is 0.0174. The molecule has 1 saturated carbocycles. The maximum atomic E-state index is 6.32. The normalized spacial score (nSPS) is 14.5. The number of rotatable bonds is 5. The van der Waals surface area contributed by atoms with Crippen LogP contribution in [-0.2, 0) is 10.8 Å². The minimum Gasteiger partial charge on any atom is -0.456 e. The van der Waals surface area contributed by atoms with Gasteiger partial charge in [-0.2, -0.15) is 0 Å². The number of hydrogen-bond donors (Lipinski definition) is 0. The lowest BCUT2D eigenvalue weighted by Crippen LogP contribution is -2.19. The van der Waals surface area contributed by atoms with E-state index in [-0.39, 0.29) is 10.8 Å². The summed E-state index contributed by atoms with van der Waals surface area (Å²) in [4.78, 5) is 2.50. The Hall–Kier alpha value is -4.82. The van der Waals surface area contributed by atoms with Gasteiger partial charge in [0.05, 0.1) is 5.69 Å². The van der Waals surface area contributed by atoms with Gasteiger partial charge >= 0.3 is 0 Å². The Morgan fingerprint density at radius 1 is 0.540 bits per heavy atom. The SMILES string of the molecule is CC(C)(C)c1cc(N(c2ccc3oc4ccccc4c3c2)c2ccccc2-c2cccc3cccc(C4CCCCC4)c23)cc(C(C)(C)C)c1. The third kappa shape index (κ3) is 5.89. The highest BCUT2D eigenvalue weighted by molar-refractivity contribution is 6.07. The Bertz CT molecular complexity index is 2300. The molecule has 0 aliphatic heterocycles. The summed E-state index contributed by atoms with van der Waals surface area (Å²) in [6, 6.07) is 45.3. The molecule has 6 aromatic carbocycles. The van der Waals surface area contributed by atoms with E-state index in [4.69, 9.17) is 4.42 Å². The van der Waals surface area contributed by atoms with Gasteiger partial charge < -0.3 is 9.32 Å². The van der Waals surface area contributed by atoms with Crippen molar-refractivity contribution in [3.05, 3.63) is 138 Å². The van der Waals surface area contributed by atoms with Crippen LogP contribution in [0.3, 0.4) is 0 Å². The molecule has 252 valence electrons. The molecule has 1 heterocycles. The number of nitrogens with zero attached hydrogens (tertiary/aromatic N) is 1. The number of hydrogen-bond acceptors (Lipinski definition) is 2. The van der Waals surface area contributed by atoms with E-state index in [2.05, 4.69) is 162 Å². The monoisotopic (exact) mass is 655 g/mol. The van der Waals surface area contributed by atoms with Gasteiger partial charge in [0.2, 0.25) is 0 Å². The number of anilines is 3. The molecule has 1 aromatic heterocycles. The molecule has 0 saturated heterocycles. The van der Waals surface area contributed by atoms with Gasteiger partial charge in [-0.05, 0) is 105 Å². The zero-order chi connectivity index (χ0) is 34.6. The zero-order valence-corrected chi connectivity index (χ0v) is 30.5. The van der Waals surface area contributed by atoms with Crippen LogP contribution >= 0.6 is 0 Å². The van der Waals surface area contributed by atoms with E-state index < -0.39 is 0 Å². The van der Waals surface area contributed by atoms with Gasteiger partial charge in [0, 0.05) is 27.7 Å². The summed E-state index contributed by atoms with van der Waals surface area (Å²) in [5.41, 5.74) is 12.0. The fraction of sp³-hybridized carbons (Fsp3) is 0.292. The van der Waals surface area contributed by atoms with Gasteiger partial charge in [0.25, 0.3) is 0 Å². The quantitative estimate of drug-likeness (QED) is 0.183. The molecule has 2 nitrogen and oxygen atoms in total. The predicted octanol–water partition coefficient (Wildman–Crippen LogP) is 14.5. The van der Waals surface area contributed by atoms with Crippen molar-refractivity contribution < 1.29 is 4.42 Å². The predicted molar refractivity (Wildman–Crippen MR) is 215 cm³/mol. The molecule has 2 heteroatoms. The molecule has 0 spiro atoms. The zero-order valence-electron chi connectivity index (χ0n) is 30.5. The summed E-state index contributed by atoms with van der Waals surface area (Å²) in [7, 11) is 0. The molecule has 0 unspecified atom stereocenters. The van der Waals surface area contributed by atoms with E-state index in [0.717, 1.165) is 27.6 Å². The van der Waals surface area contributed by atoms with Gasteiger partial charge in [0.1, 0.15) is 11.2 Å². The van der Waals surface area contributed by atoms with Crippen LogP contribution in [0.15, 0.2) is 126 Å². The lowest BCUT2D eigenvalue weighted by atomic mass is 9.80. The largest absolute Gasteiger partial charge is 0.456 e. The Morgan fingerprint density at radius 2 is 1.18 bits per heavy atom. The van der Waals surface area contributed by atoms with Gasteiger partial charge in [0.15, 0.2) is 0 Å². The van der Waals surface area contributed by atoms with Crippen molar-refractivity contribution in [3.63, 3.8) is 0 Å². The average Bonchev–Trinajstić information content (AvgIpc) is 3.49. The highest BCUT2D eigenvalue weighted by Crippen LogP contribution is 2.47. The van der Waals surface area contributed by atoms with Crippen molar-refractivity contribution in [2.45, 2.75) is 90.4 Å². The first-order valence-corrected chi connectivity index (χ1v) is 18.5. The van der Waals surface area contributed by atoms with E-state index in [9.17, 15) is 0 Å².